The van der Waals surface area contributed by atoms with E-state index >= 15 is 0 Å². The molecule has 4 heteroatoms. The largest absolute Gasteiger partial charge is 0.295 e. The Morgan fingerprint density at radius 2 is 2.67 bits per heavy atom. The van der Waals surface area contributed by atoms with Gasteiger partial charge < -0.3 is 0 Å². The molecule has 0 bridgehead atoms. The van der Waals surface area contributed by atoms with Crippen LogP contribution in [0.25, 0.3) is 0 Å². The van der Waals surface area contributed by atoms with E-state index in [0.29, 0.717) is 16.2 Å². The molecule has 0 spiro atoms. The van der Waals surface area contributed by atoms with E-state index in [0.717, 1.165) is 11.3 Å². The van der Waals surface area contributed by atoms with Crippen LogP contribution < -0.4 is 0 Å². The van der Waals surface area contributed by atoms with Crippen LogP contribution in [0.2, 0.25) is 0 Å². The molecule has 0 radical (unpaired) electrons. The highest BCUT2D eigenvalue weighted by Gasteiger charge is 1.96. The number of nitriles is 1. The molecule has 44 valence electrons. The first-order valence-electron chi connectivity index (χ1n) is 2.18. The molecular weight excluding hydrogens is 136 g/mol. The van der Waals surface area contributed by atoms with Gasteiger partial charge in [0.1, 0.15) is 10.9 Å². The molecule has 3 nitrogen and oxygen atoms in total. The van der Waals surface area contributed by atoms with E-state index in [-0.39, 0.29) is 0 Å². The van der Waals surface area contributed by atoms with Crippen LogP contribution in [0.5, 0.6) is 0 Å². The zero-order chi connectivity index (χ0) is 6.69. The maximum Gasteiger partial charge on any atom is 0.178 e. The summed E-state index contributed by atoms with van der Waals surface area (Å²) in [6.07, 6.45) is 2.01. The van der Waals surface area contributed by atoms with Gasteiger partial charge in [-0.25, -0.2) is 4.98 Å². The monoisotopic (exact) mass is 138 g/mol. The lowest BCUT2D eigenvalue weighted by Gasteiger charge is -1.66. The minimum Gasteiger partial charge on any atom is -0.295 e. The predicted octanol–water partition coefficient (Wildman–Crippen LogP) is 0.827. The summed E-state index contributed by atoms with van der Waals surface area (Å²) >= 11 is 1.09. The van der Waals surface area contributed by atoms with Crippen molar-refractivity contribution in [3.8, 4) is 6.07 Å². The second-order valence-corrected chi connectivity index (χ2v) is 2.35. The van der Waals surface area contributed by atoms with E-state index in [9.17, 15) is 4.79 Å². The van der Waals surface area contributed by atoms with Crippen LogP contribution in [0, 0.1) is 11.3 Å². The summed E-state index contributed by atoms with van der Waals surface area (Å²) in [4.78, 5) is 14.1. The van der Waals surface area contributed by atoms with Gasteiger partial charge in [-0.15, -0.1) is 11.3 Å². The lowest BCUT2D eigenvalue weighted by atomic mass is 10.6. The first-order chi connectivity index (χ1) is 4.36. The summed E-state index contributed by atoms with van der Waals surface area (Å²) in [6.45, 7) is 0. The molecule has 0 aromatic carbocycles. The SMILES string of the molecule is N#Cc1cnc(C=O)s1. The fraction of sp³-hybridized carbons (Fsp3) is 0. The van der Waals surface area contributed by atoms with Crippen LogP contribution in [0.15, 0.2) is 6.20 Å². The van der Waals surface area contributed by atoms with Crippen LogP contribution in [0.1, 0.15) is 14.7 Å². The number of aromatic nitrogens is 1. The highest BCUT2D eigenvalue weighted by Crippen LogP contribution is 2.07. The van der Waals surface area contributed by atoms with Crippen molar-refractivity contribution < 1.29 is 4.79 Å². The van der Waals surface area contributed by atoms with Gasteiger partial charge >= 0.3 is 0 Å². The third-order valence-corrected chi connectivity index (χ3v) is 1.56. The lowest BCUT2D eigenvalue weighted by Crippen LogP contribution is -1.69. The zero-order valence-corrected chi connectivity index (χ0v) is 5.18. The van der Waals surface area contributed by atoms with Gasteiger partial charge in [0.25, 0.3) is 0 Å². The number of rotatable bonds is 1. The van der Waals surface area contributed by atoms with E-state index in [1.807, 2.05) is 6.07 Å². The normalized spacial score (nSPS) is 8.33. The van der Waals surface area contributed by atoms with Crippen molar-refractivity contribution in [2.75, 3.05) is 0 Å². The molecule has 1 rings (SSSR count). The number of hydrogen-bond acceptors (Lipinski definition) is 4. The minimum absolute atomic E-state index is 0.353. The van der Waals surface area contributed by atoms with E-state index in [1.54, 1.807) is 0 Å². The number of aldehydes is 1. The highest BCUT2D eigenvalue weighted by molar-refractivity contribution is 7.13. The lowest BCUT2D eigenvalue weighted by molar-refractivity contribution is 0.112. The Balaban J connectivity index is 3.03. The topological polar surface area (TPSA) is 53.8 Å². The van der Waals surface area contributed by atoms with Crippen molar-refractivity contribution in [3.63, 3.8) is 0 Å². The van der Waals surface area contributed by atoms with Gasteiger partial charge in [-0.3, -0.25) is 4.79 Å². The Hall–Kier alpha value is -1.21. The van der Waals surface area contributed by atoms with Gasteiger partial charge in [0.15, 0.2) is 11.3 Å². The minimum atomic E-state index is 0.353. The number of hydrogen-bond donors (Lipinski definition) is 0. The van der Waals surface area contributed by atoms with Crippen molar-refractivity contribution >= 4 is 17.6 Å². The molecule has 1 heterocycles. The zero-order valence-electron chi connectivity index (χ0n) is 4.37. The average Bonchev–Trinajstić information content (AvgIpc) is 2.34. The van der Waals surface area contributed by atoms with E-state index in [1.165, 1.54) is 6.20 Å². The average molecular weight is 138 g/mol. The first kappa shape index (κ1) is 5.92. The molecule has 1 aromatic heterocycles. The Labute approximate surface area is 55.6 Å². The second-order valence-electron chi connectivity index (χ2n) is 1.29. The Kier molecular flexibility index (Phi) is 1.56. The number of thiazole rings is 1. The summed E-state index contributed by atoms with van der Waals surface area (Å²) in [7, 11) is 0. The van der Waals surface area contributed by atoms with Gasteiger partial charge in [-0.05, 0) is 0 Å². The third kappa shape index (κ3) is 1.12. The van der Waals surface area contributed by atoms with Gasteiger partial charge in [0, 0.05) is 0 Å². The molecule has 0 N–H and O–H groups in total. The van der Waals surface area contributed by atoms with Gasteiger partial charge in [0.05, 0.1) is 6.20 Å². The summed E-state index contributed by atoms with van der Waals surface area (Å²) in [5, 5.41) is 8.60. The summed E-state index contributed by atoms with van der Waals surface area (Å²) in [5.74, 6) is 0. The van der Waals surface area contributed by atoms with Gasteiger partial charge in [0.2, 0.25) is 0 Å². The van der Waals surface area contributed by atoms with E-state index in [4.69, 9.17) is 5.26 Å². The Morgan fingerprint density at radius 1 is 1.89 bits per heavy atom. The molecule has 0 unspecified atom stereocenters. The fourth-order valence-electron chi connectivity index (χ4n) is 0.394. The van der Waals surface area contributed by atoms with Crippen LogP contribution in [-0.4, -0.2) is 11.3 Å². The summed E-state index contributed by atoms with van der Waals surface area (Å²) < 4.78 is 0. The molecule has 0 amide bonds. The van der Waals surface area contributed by atoms with E-state index in [2.05, 4.69) is 4.98 Å². The molecule has 9 heavy (non-hydrogen) atoms. The van der Waals surface area contributed by atoms with Crippen molar-refractivity contribution in [1.29, 1.82) is 5.26 Å². The standard InChI is InChI=1S/C5H2N2OS/c6-1-4-2-7-5(3-8)9-4/h2-3H. The Bertz CT molecular complexity index is 260. The highest BCUT2D eigenvalue weighted by atomic mass is 32.1. The quantitative estimate of drug-likeness (QED) is 0.540. The molecule has 0 saturated carbocycles. The smallest absolute Gasteiger partial charge is 0.178 e. The van der Waals surface area contributed by atoms with Crippen molar-refractivity contribution in [1.82, 2.24) is 4.98 Å². The van der Waals surface area contributed by atoms with Crippen molar-refractivity contribution in [2.45, 2.75) is 0 Å². The maximum atomic E-state index is 9.97. The molecule has 0 aliphatic heterocycles. The Morgan fingerprint density at radius 3 is 3.00 bits per heavy atom. The van der Waals surface area contributed by atoms with Crippen LogP contribution >= 0.6 is 11.3 Å². The summed E-state index contributed by atoms with van der Waals surface area (Å²) in [6, 6.07) is 1.88. The molecule has 0 aliphatic rings. The fourth-order valence-corrected chi connectivity index (χ4v) is 0.924. The summed E-state index contributed by atoms with van der Waals surface area (Å²) in [5.41, 5.74) is 0. The van der Waals surface area contributed by atoms with Crippen molar-refractivity contribution in [3.05, 3.63) is 16.1 Å². The first-order valence-corrected chi connectivity index (χ1v) is 2.99. The predicted molar refractivity (Wildman–Crippen MR) is 32.2 cm³/mol. The van der Waals surface area contributed by atoms with Gasteiger partial charge in [-0.1, -0.05) is 0 Å². The van der Waals surface area contributed by atoms with Crippen LogP contribution in [0.4, 0.5) is 0 Å². The maximum absolute atomic E-state index is 9.97. The molecule has 0 aliphatic carbocycles. The number of nitrogens with zero attached hydrogens (tertiary/aromatic N) is 2. The number of carbonyl (C=O) groups excluding carboxylic acids is 1. The molecule has 0 fully saturated rings. The molecule has 0 atom stereocenters. The second kappa shape index (κ2) is 2.37. The third-order valence-electron chi connectivity index (χ3n) is 0.735. The molecule has 1 aromatic rings. The van der Waals surface area contributed by atoms with E-state index < -0.39 is 0 Å². The van der Waals surface area contributed by atoms with Crippen LogP contribution in [0.3, 0.4) is 0 Å². The van der Waals surface area contributed by atoms with Crippen LogP contribution in [-0.2, 0) is 0 Å². The van der Waals surface area contributed by atoms with Crippen molar-refractivity contribution in [2.24, 2.45) is 0 Å². The molecular formula is C5H2N2OS. The molecule has 0 saturated heterocycles. The van der Waals surface area contributed by atoms with Gasteiger partial charge in [-0.2, -0.15) is 5.26 Å². The number of carbonyl (C=O) groups is 1.